The van der Waals surface area contributed by atoms with Crippen LogP contribution >= 0.6 is 11.6 Å². The number of methoxy groups -OCH3 is 2. The molecule has 0 radical (unpaired) electrons. The molecule has 2 unspecified atom stereocenters. The molecule has 6 nitrogen and oxygen atoms in total. The molecule has 1 fully saturated rings. The van der Waals surface area contributed by atoms with Gasteiger partial charge in [0.1, 0.15) is 0 Å². The first kappa shape index (κ1) is 23.6. The van der Waals surface area contributed by atoms with Crippen molar-refractivity contribution in [3.8, 4) is 11.5 Å². The van der Waals surface area contributed by atoms with Crippen molar-refractivity contribution in [2.24, 2.45) is 5.92 Å². The SMILES string of the molecule is COc1cccc(C2CN(C(=O)c3ccccc3Cl)CC2C(=O)NCc2ccccc2)c1OC. The van der Waals surface area contributed by atoms with Gasteiger partial charge in [0.25, 0.3) is 5.91 Å². The second-order valence-corrected chi connectivity index (χ2v) is 8.60. The van der Waals surface area contributed by atoms with E-state index in [1.165, 1.54) is 0 Å². The molecular weight excluding hydrogens is 452 g/mol. The van der Waals surface area contributed by atoms with Crippen LogP contribution in [0, 0.1) is 5.92 Å². The number of halogens is 1. The van der Waals surface area contributed by atoms with E-state index < -0.39 is 5.92 Å². The summed E-state index contributed by atoms with van der Waals surface area (Å²) in [7, 11) is 3.15. The summed E-state index contributed by atoms with van der Waals surface area (Å²) in [6.07, 6.45) is 0. The zero-order valence-corrected chi connectivity index (χ0v) is 19.9. The van der Waals surface area contributed by atoms with Crippen molar-refractivity contribution in [1.29, 1.82) is 0 Å². The Hall–Kier alpha value is -3.51. The van der Waals surface area contributed by atoms with E-state index in [4.69, 9.17) is 21.1 Å². The summed E-state index contributed by atoms with van der Waals surface area (Å²) in [4.78, 5) is 28.4. The van der Waals surface area contributed by atoms with E-state index in [1.807, 2.05) is 48.5 Å². The van der Waals surface area contributed by atoms with Crippen molar-refractivity contribution < 1.29 is 19.1 Å². The molecule has 1 aliphatic heterocycles. The Kier molecular flexibility index (Phi) is 7.38. The molecule has 34 heavy (non-hydrogen) atoms. The number of rotatable bonds is 7. The maximum atomic E-state index is 13.4. The third-order valence-electron chi connectivity index (χ3n) is 6.19. The molecule has 1 heterocycles. The Morgan fingerprint density at radius 2 is 1.68 bits per heavy atom. The van der Waals surface area contributed by atoms with Gasteiger partial charge in [-0.15, -0.1) is 0 Å². The molecule has 1 saturated heterocycles. The summed E-state index contributed by atoms with van der Waals surface area (Å²) < 4.78 is 11.1. The van der Waals surface area contributed by atoms with Crippen molar-refractivity contribution in [3.05, 3.63) is 94.5 Å². The number of nitrogens with zero attached hydrogens (tertiary/aromatic N) is 1. The van der Waals surface area contributed by atoms with Crippen LogP contribution in [0.15, 0.2) is 72.8 Å². The molecule has 1 aliphatic rings. The first-order chi connectivity index (χ1) is 16.5. The van der Waals surface area contributed by atoms with Gasteiger partial charge in [0.15, 0.2) is 11.5 Å². The fourth-order valence-electron chi connectivity index (χ4n) is 4.48. The topological polar surface area (TPSA) is 67.9 Å². The lowest BCUT2D eigenvalue weighted by atomic mass is 9.87. The standard InChI is InChI=1S/C27H27ClN2O4/c1-33-24-14-8-12-19(25(24)34-2)21-16-30(27(32)20-11-6-7-13-23(20)28)17-22(21)26(31)29-15-18-9-4-3-5-10-18/h3-14,21-22H,15-17H2,1-2H3,(H,29,31). The zero-order valence-electron chi connectivity index (χ0n) is 19.2. The van der Waals surface area contributed by atoms with E-state index in [0.717, 1.165) is 11.1 Å². The highest BCUT2D eigenvalue weighted by molar-refractivity contribution is 6.33. The average Bonchev–Trinajstić information content (AvgIpc) is 3.32. The summed E-state index contributed by atoms with van der Waals surface area (Å²) in [5.41, 5.74) is 2.26. The molecule has 0 saturated carbocycles. The highest BCUT2D eigenvalue weighted by Gasteiger charge is 2.42. The monoisotopic (exact) mass is 478 g/mol. The van der Waals surface area contributed by atoms with Gasteiger partial charge in [-0.25, -0.2) is 0 Å². The lowest BCUT2D eigenvalue weighted by Gasteiger charge is -2.21. The predicted octanol–water partition coefficient (Wildman–Crippen LogP) is 4.53. The first-order valence-electron chi connectivity index (χ1n) is 11.1. The summed E-state index contributed by atoms with van der Waals surface area (Å²) >= 11 is 6.29. The van der Waals surface area contributed by atoms with E-state index in [0.29, 0.717) is 35.2 Å². The third-order valence-corrected chi connectivity index (χ3v) is 6.52. The molecule has 4 rings (SSSR count). The molecular formula is C27H27ClN2O4. The fourth-order valence-corrected chi connectivity index (χ4v) is 4.69. The van der Waals surface area contributed by atoms with Gasteiger partial charge in [0, 0.05) is 31.1 Å². The van der Waals surface area contributed by atoms with Crippen molar-refractivity contribution in [2.75, 3.05) is 27.3 Å². The van der Waals surface area contributed by atoms with Crippen molar-refractivity contribution in [2.45, 2.75) is 12.5 Å². The summed E-state index contributed by atoms with van der Waals surface area (Å²) in [6.45, 7) is 1.04. The van der Waals surface area contributed by atoms with Crippen LogP contribution in [0.5, 0.6) is 11.5 Å². The minimum Gasteiger partial charge on any atom is -0.493 e. The van der Waals surface area contributed by atoms with Crippen molar-refractivity contribution in [1.82, 2.24) is 10.2 Å². The highest BCUT2D eigenvalue weighted by atomic mass is 35.5. The van der Waals surface area contributed by atoms with Crippen LogP contribution in [-0.4, -0.2) is 44.0 Å². The van der Waals surface area contributed by atoms with Crippen LogP contribution in [0.3, 0.4) is 0 Å². The number of benzene rings is 3. The van der Waals surface area contributed by atoms with E-state index in [1.54, 1.807) is 43.4 Å². The van der Waals surface area contributed by atoms with Crippen LogP contribution in [0.2, 0.25) is 5.02 Å². The predicted molar refractivity (Wildman–Crippen MR) is 131 cm³/mol. The lowest BCUT2D eigenvalue weighted by Crippen LogP contribution is -2.35. The van der Waals surface area contributed by atoms with E-state index >= 15 is 0 Å². The molecule has 1 N–H and O–H groups in total. The Bertz CT molecular complexity index is 1170. The van der Waals surface area contributed by atoms with Crippen molar-refractivity contribution in [3.63, 3.8) is 0 Å². The summed E-state index contributed by atoms with van der Waals surface area (Å²) in [6, 6.07) is 22.3. The maximum Gasteiger partial charge on any atom is 0.255 e. The maximum absolute atomic E-state index is 13.4. The molecule has 0 spiro atoms. The van der Waals surface area contributed by atoms with Gasteiger partial charge in [-0.3, -0.25) is 9.59 Å². The molecule has 0 bridgehead atoms. The summed E-state index contributed by atoms with van der Waals surface area (Å²) in [5, 5.41) is 3.43. The number of likely N-dealkylation sites (tertiary alicyclic amines) is 1. The van der Waals surface area contributed by atoms with Crippen LogP contribution in [0.25, 0.3) is 0 Å². The average molecular weight is 479 g/mol. The molecule has 7 heteroatoms. The highest BCUT2D eigenvalue weighted by Crippen LogP contribution is 2.42. The largest absolute Gasteiger partial charge is 0.493 e. The van der Waals surface area contributed by atoms with Crippen LogP contribution in [0.4, 0.5) is 0 Å². The number of hydrogen-bond acceptors (Lipinski definition) is 4. The number of carbonyl (C=O) groups excluding carboxylic acids is 2. The lowest BCUT2D eigenvalue weighted by molar-refractivity contribution is -0.125. The van der Waals surface area contributed by atoms with Gasteiger partial charge in [0.2, 0.25) is 5.91 Å². The van der Waals surface area contributed by atoms with Crippen LogP contribution in [0.1, 0.15) is 27.4 Å². The molecule has 3 aromatic rings. The molecule has 0 aliphatic carbocycles. The Morgan fingerprint density at radius 3 is 2.38 bits per heavy atom. The van der Waals surface area contributed by atoms with Crippen LogP contribution in [-0.2, 0) is 11.3 Å². The molecule has 3 aromatic carbocycles. The van der Waals surface area contributed by atoms with Gasteiger partial charge >= 0.3 is 0 Å². The minimum absolute atomic E-state index is 0.117. The van der Waals surface area contributed by atoms with E-state index in [-0.39, 0.29) is 24.3 Å². The number of para-hydroxylation sites is 1. The van der Waals surface area contributed by atoms with E-state index in [2.05, 4.69) is 5.32 Å². The second-order valence-electron chi connectivity index (χ2n) is 8.19. The van der Waals surface area contributed by atoms with Crippen molar-refractivity contribution >= 4 is 23.4 Å². The van der Waals surface area contributed by atoms with Gasteiger partial charge in [0.05, 0.1) is 30.7 Å². The van der Waals surface area contributed by atoms with E-state index in [9.17, 15) is 9.59 Å². The zero-order chi connectivity index (χ0) is 24.1. The fraction of sp³-hybridized carbons (Fsp3) is 0.259. The Labute approximate surface area is 204 Å². The third kappa shape index (κ3) is 4.87. The van der Waals surface area contributed by atoms with Gasteiger partial charge < -0.3 is 19.7 Å². The molecule has 176 valence electrons. The molecule has 2 amide bonds. The Morgan fingerprint density at radius 1 is 0.941 bits per heavy atom. The normalized spacial score (nSPS) is 17.3. The van der Waals surface area contributed by atoms with Gasteiger partial charge in [-0.1, -0.05) is 66.2 Å². The minimum atomic E-state index is -0.462. The molecule has 2 atom stereocenters. The summed E-state index contributed by atoms with van der Waals surface area (Å²) in [5.74, 6) is 0.106. The molecule has 0 aromatic heterocycles. The number of hydrogen-bond donors (Lipinski definition) is 1. The van der Waals surface area contributed by atoms with Crippen LogP contribution < -0.4 is 14.8 Å². The second kappa shape index (κ2) is 10.6. The smallest absolute Gasteiger partial charge is 0.255 e. The van der Waals surface area contributed by atoms with Gasteiger partial charge in [-0.05, 0) is 23.8 Å². The number of nitrogens with one attached hydrogen (secondary N) is 1. The quantitative estimate of drug-likeness (QED) is 0.541. The Balaban J connectivity index is 1.64. The number of ether oxygens (including phenoxy) is 2. The number of carbonyl (C=O) groups is 2. The first-order valence-corrected chi connectivity index (χ1v) is 11.5. The number of amides is 2. The van der Waals surface area contributed by atoms with Gasteiger partial charge in [-0.2, -0.15) is 0 Å².